The summed E-state index contributed by atoms with van der Waals surface area (Å²) in [6.45, 7) is 3.06. The Morgan fingerprint density at radius 1 is 1.17 bits per heavy atom. The van der Waals surface area contributed by atoms with Crippen LogP contribution >= 0.6 is 0 Å². The Bertz CT molecular complexity index is 26.9. The molecule has 0 amide bonds. The second kappa shape index (κ2) is 8.82. The van der Waals surface area contributed by atoms with Gasteiger partial charge in [-0.2, -0.15) is 0 Å². The molecule has 0 unspecified atom stereocenters. The van der Waals surface area contributed by atoms with E-state index in [0.717, 1.165) is 0 Å². The van der Waals surface area contributed by atoms with Gasteiger partial charge in [0.25, 0.3) is 0 Å². The number of carbonyl (C=O) groups excluding carboxylic acids is 1. The zero-order valence-corrected chi connectivity index (χ0v) is 2.91. The Hall–Kier alpha value is -0.330. The maximum absolute atomic E-state index is 9.44. The van der Waals surface area contributed by atoms with Crippen LogP contribution in [0.25, 0.3) is 0 Å². The number of Topliss-reactive ketones (excluding diaryl/α,β-unsaturated/α-hetero) is 1. The van der Waals surface area contributed by atoms with Crippen LogP contribution in [0.5, 0.6) is 0 Å². The van der Waals surface area contributed by atoms with Crippen LogP contribution < -0.4 is 0 Å². The van der Waals surface area contributed by atoms with E-state index in [0.29, 0.717) is 0 Å². The summed E-state index contributed by atoms with van der Waals surface area (Å²) in [5.41, 5.74) is 0. The van der Waals surface area contributed by atoms with E-state index in [1.807, 2.05) is 0 Å². The highest BCUT2D eigenvalue weighted by Crippen LogP contribution is 1.50. The summed E-state index contributed by atoms with van der Waals surface area (Å²) >= 11 is 0. The van der Waals surface area contributed by atoms with E-state index in [1.54, 1.807) is 0 Å². The van der Waals surface area contributed by atoms with Crippen molar-refractivity contribution in [2.24, 2.45) is 0 Å². The Morgan fingerprint density at radius 2 is 1.17 bits per heavy atom. The SMILES string of the molecule is C.C.CC(C)=O. The standard InChI is InChI=1S/C3H6O.2CH4/c1-3(2)4;;/h1-2H3;2*1H4. The van der Waals surface area contributed by atoms with Gasteiger partial charge in [0.15, 0.2) is 0 Å². The molecular formula is C5H14O. The van der Waals surface area contributed by atoms with Crippen LogP contribution in [0.2, 0.25) is 0 Å². The minimum Gasteiger partial charge on any atom is -0.300 e. The first-order valence-electron chi connectivity index (χ1n) is 1.20. The van der Waals surface area contributed by atoms with E-state index in [1.165, 1.54) is 13.8 Å². The fourth-order valence-corrected chi connectivity index (χ4v) is 0. The van der Waals surface area contributed by atoms with Crippen molar-refractivity contribution in [3.05, 3.63) is 0 Å². The third-order valence-corrected chi connectivity index (χ3v) is 0. The fourth-order valence-electron chi connectivity index (χ4n) is 0. The van der Waals surface area contributed by atoms with Crippen LogP contribution in [0.4, 0.5) is 0 Å². The van der Waals surface area contributed by atoms with Gasteiger partial charge in [0.05, 0.1) is 0 Å². The molecule has 1 heteroatoms. The first kappa shape index (κ1) is 17.3. The fraction of sp³-hybridized carbons (Fsp3) is 0.800. The quantitative estimate of drug-likeness (QED) is 0.443. The number of ketones is 1. The average molecular weight is 90.2 g/mol. The smallest absolute Gasteiger partial charge is 0.126 e. The summed E-state index contributed by atoms with van der Waals surface area (Å²) in [7, 11) is 0. The predicted molar refractivity (Wildman–Crippen MR) is 29.8 cm³/mol. The minimum atomic E-state index is 0. The van der Waals surface area contributed by atoms with E-state index in [-0.39, 0.29) is 20.6 Å². The summed E-state index contributed by atoms with van der Waals surface area (Å²) in [5, 5.41) is 0. The highest BCUT2D eigenvalue weighted by Gasteiger charge is 1.62. The van der Waals surface area contributed by atoms with Crippen LogP contribution in [0.15, 0.2) is 0 Å². The van der Waals surface area contributed by atoms with Crippen molar-refractivity contribution in [2.45, 2.75) is 28.7 Å². The molecule has 0 aliphatic rings. The van der Waals surface area contributed by atoms with Crippen LogP contribution in [0, 0.1) is 0 Å². The molecule has 0 aromatic carbocycles. The Labute approximate surface area is 40.4 Å². The minimum absolute atomic E-state index is 0. The molecule has 6 heavy (non-hydrogen) atoms. The Balaban J connectivity index is -0.0000000450. The molecule has 40 valence electrons. The van der Waals surface area contributed by atoms with Gasteiger partial charge in [-0.3, -0.25) is 0 Å². The molecule has 0 aliphatic heterocycles. The van der Waals surface area contributed by atoms with Crippen molar-refractivity contribution in [3.63, 3.8) is 0 Å². The molecule has 0 aromatic rings. The molecule has 0 rings (SSSR count). The van der Waals surface area contributed by atoms with E-state index >= 15 is 0 Å². The van der Waals surface area contributed by atoms with E-state index < -0.39 is 0 Å². The highest BCUT2D eigenvalue weighted by atomic mass is 16.1. The molecule has 0 saturated heterocycles. The number of carbonyl (C=O) groups is 1. The molecule has 0 saturated carbocycles. The van der Waals surface area contributed by atoms with Crippen molar-refractivity contribution in [3.8, 4) is 0 Å². The van der Waals surface area contributed by atoms with Crippen molar-refractivity contribution >= 4 is 5.78 Å². The van der Waals surface area contributed by atoms with Crippen molar-refractivity contribution < 1.29 is 4.79 Å². The van der Waals surface area contributed by atoms with Gasteiger partial charge in [-0.1, -0.05) is 14.9 Å². The van der Waals surface area contributed by atoms with E-state index in [9.17, 15) is 4.79 Å². The number of hydrogen-bond acceptors (Lipinski definition) is 1. The molecule has 0 fully saturated rings. The zero-order chi connectivity index (χ0) is 3.58. The van der Waals surface area contributed by atoms with E-state index in [4.69, 9.17) is 0 Å². The molecule has 0 aliphatic carbocycles. The maximum Gasteiger partial charge on any atom is 0.126 e. The highest BCUT2D eigenvalue weighted by molar-refractivity contribution is 5.72. The molecule has 0 heterocycles. The van der Waals surface area contributed by atoms with Crippen molar-refractivity contribution in [1.82, 2.24) is 0 Å². The summed E-state index contributed by atoms with van der Waals surface area (Å²) in [6, 6.07) is 0. The number of rotatable bonds is 0. The lowest BCUT2D eigenvalue weighted by molar-refractivity contribution is -0.114. The summed E-state index contributed by atoms with van der Waals surface area (Å²) in [6.07, 6.45) is 0. The van der Waals surface area contributed by atoms with Crippen LogP contribution in [0.1, 0.15) is 28.7 Å². The topological polar surface area (TPSA) is 17.1 Å². The largest absolute Gasteiger partial charge is 0.300 e. The van der Waals surface area contributed by atoms with Gasteiger partial charge in [0, 0.05) is 0 Å². The van der Waals surface area contributed by atoms with E-state index in [2.05, 4.69) is 0 Å². The first-order valence-corrected chi connectivity index (χ1v) is 1.20. The molecule has 0 aromatic heterocycles. The zero-order valence-electron chi connectivity index (χ0n) is 2.91. The van der Waals surface area contributed by atoms with Crippen LogP contribution in [0.3, 0.4) is 0 Å². The van der Waals surface area contributed by atoms with Gasteiger partial charge >= 0.3 is 0 Å². The van der Waals surface area contributed by atoms with Gasteiger partial charge in [0.2, 0.25) is 0 Å². The number of hydrogen-bond donors (Lipinski definition) is 0. The second-order valence-corrected chi connectivity index (χ2v) is 0.908. The third-order valence-electron chi connectivity index (χ3n) is 0. The van der Waals surface area contributed by atoms with Crippen LogP contribution in [-0.2, 0) is 4.79 Å². The molecule has 0 spiro atoms. The molecule has 0 bridgehead atoms. The molecule has 0 atom stereocenters. The molecule has 1 nitrogen and oxygen atoms in total. The maximum atomic E-state index is 9.44. The normalized spacial score (nSPS) is 4.33. The van der Waals surface area contributed by atoms with Crippen molar-refractivity contribution in [2.75, 3.05) is 0 Å². The lowest BCUT2D eigenvalue weighted by Gasteiger charge is -1.56. The lowest BCUT2D eigenvalue weighted by atomic mass is 10.6. The monoisotopic (exact) mass is 90.1 g/mol. The molecule has 0 radical (unpaired) electrons. The third kappa shape index (κ3) is 240. The van der Waals surface area contributed by atoms with Gasteiger partial charge in [-0.05, 0) is 13.8 Å². The summed E-state index contributed by atoms with van der Waals surface area (Å²) < 4.78 is 0. The van der Waals surface area contributed by atoms with Gasteiger partial charge in [0.1, 0.15) is 5.78 Å². The van der Waals surface area contributed by atoms with Gasteiger partial charge in [-0.25, -0.2) is 0 Å². The Kier molecular flexibility index (Phi) is 25.5. The predicted octanol–water partition coefficient (Wildman–Crippen LogP) is 1.87. The summed E-state index contributed by atoms with van der Waals surface area (Å²) in [4.78, 5) is 9.44. The van der Waals surface area contributed by atoms with Gasteiger partial charge in [-0.15, -0.1) is 0 Å². The second-order valence-electron chi connectivity index (χ2n) is 0.908. The van der Waals surface area contributed by atoms with Crippen LogP contribution in [-0.4, -0.2) is 5.78 Å². The first-order chi connectivity index (χ1) is 1.73. The molecule has 0 N–H and O–H groups in total. The van der Waals surface area contributed by atoms with Crippen molar-refractivity contribution in [1.29, 1.82) is 0 Å². The average Bonchev–Trinajstić information content (AvgIpc) is 0.811. The summed E-state index contributed by atoms with van der Waals surface area (Å²) in [5.74, 6) is 0.167. The lowest BCUT2D eigenvalue weighted by Crippen LogP contribution is -1.69. The Morgan fingerprint density at radius 3 is 1.17 bits per heavy atom. The molecular weight excluding hydrogens is 76.1 g/mol. The van der Waals surface area contributed by atoms with Gasteiger partial charge < -0.3 is 4.79 Å².